The lowest BCUT2D eigenvalue weighted by Gasteiger charge is -2.22. The van der Waals surface area contributed by atoms with E-state index in [1.165, 1.54) is 28.3 Å². The largest absolute Gasteiger partial charge is 0.750 e. The average Bonchev–Trinajstić information content (AvgIpc) is 2.14. The lowest BCUT2D eigenvalue weighted by atomic mass is 10.5. The molecule has 0 aromatic rings. The van der Waals surface area contributed by atoms with E-state index in [-0.39, 0.29) is 0 Å². The Hall–Kier alpha value is -0.143. The molecule has 5 nitrogen and oxygen atoms in total. The number of halogens is 1. The topological polar surface area (TPSA) is 54.0 Å². The molecule has 0 bridgehead atoms. The van der Waals surface area contributed by atoms with Gasteiger partial charge >= 0.3 is 15.0 Å². The predicted molar refractivity (Wildman–Crippen MR) is 48.2 cm³/mol. The highest BCUT2D eigenvalue weighted by Crippen LogP contribution is 2.10. The summed E-state index contributed by atoms with van der Waals surface area (Å²) in [5.74, 6) is -0.626. The van der Waals surface area contributed by atoms with E-state index >= 15 is 0 Å². The van der Waals surface area contributed by atoms with Crippen molar-refractivity contribution in [3.63, 3.8) is 0 Å². The van der Waals surface area contributed by atoms with Crippen LogP contribution in [0.15, 0.2) is 0 Å². The van der Waals surface area contributed by atoms with Gasteiger partial charge in [-0.15, -0.1) is 11.6 Å². The van der Waals surface area contributed by atoms with Crippen LogP contribution in [0.2, 0.25) is 0 Å². The molecular weight excluding hydrogens is 216 g/mol. The quantitative estimate of drug-likeness (QED) is 0.508. The van der Waals surface area contributed by atoms with Crippen LogP contribution >= 0.6 is 11.6 Å². The Balaban J connectivity index is 4.33. The molecule has 1 unspecified atom stereocenters. The van der Waals surface area contributed by atoms with Crippen LogP contribution in [0.5, 0.6) is 0 Å². The first-order valence-corrected chi connectivity index (χ1v) is 5.60. The van der Waals surface area contributed by atoms with Gasteiger partial charge in [0.05, 0.1) is 0 Å². The molecule has 13 heavy (non-hydrogen) atoms. The molecule has 78 valence electrons. The van der Waals surface area contributed by atoms with Gasteiger partial charge < -0.3 is 17.7 Å². The highest BCUT2D eigenvalue weighted by molar-refractivity contribution is 6.56. The first kappa shape index (κ1) is 12.9. The number of carbonyl (C=O) groups excluding carboxylic acids is 1. The fourth-order valence-electron chi connectivity index (χ4n) is 0.579. The fraction of sp³-hybridized carbons (Fsp3) is 0.833. The molecule has 0 N–H and O–H groups in total. The maximum absolute atomic E-state index is 11.1. The van der Waals surface area contributed by atoms with Gasteiger partial charge in [-0.3, -0.25) is 4.79 Å². The second kappa shape index (κ2) is 5.56. The third-order valence-electron chi connectivity index (χ3n) is 1.30. The number of hydrogen-bond acceptors (Lipinski definition) is 5. The van der Waals surface area contributed by atoms with Crippen molar-refractivity contribution in [2.24, 2.45) is 0 Å². The van der Waals surface area contributed by atoms with Gasteiger partial charge in [0, 0.05) is 21.3 Å². The minimum Gasteiger partial charge on any atom is -0.451 e. The van der Waals surface area contributed by atoms with Crippen molar-refractivity contribution in [3.8, 4) is 0 Å². The molecule has 1 atom stereocenters. The highest BCUT2D eigenvalue weighted by atomic mass is 35.5. The molecule has 0 aromatic carbocycles. The molecule has 0 aliphatic carbocycles. The molecule has 0 spiro atoms. The second-order valence-electron chi connectivity index (χ2n) is 2.15. The van der Waals surface area contributed by atoms with E-state index in [1.54, 1.807) is 0 Å². The zero-order valence-electron chi connectivity index (χ0n) is 8.00. The predicted octanol–water partition coefficient (Wildman–Crippen LogP) is 0.532. The van der Waals surface area contributed by atoms with Crippen molar-refractivity contribution in [2.45, 2.75) is 12.3 Å². The smallest absolute Gasteiger partial charge is 0.451 e. The fourth-order valence-corrected chi connectivity index (χ4v) is 1.87. The Kier molecular flexibility index (Phi) is 5.50. The van der Waals surface area contributed by atoms with Crippen LogP contribution in [0, 0.1) is 0 Å². The van der Waals surface area contributed by atoms with Crippen LogP contribution in [0.25, 0.3) is 0 Å². The van der Waals surface area contributed by atoms with E-state index < -0.39 is 20.4 Å². The van der Waals surface area contributed by atoms with Gasteiger partial charge in [-0.2, -0.15) is 0 Å². The molecule has 7 heteroatoms. The van der Waals surface area contributed by atoms with E-state index in [2.05, 4.69) is 0 Å². The molecule has 0 heterocycles. The van der Waals surface area contributed by atoms with Crippen molar-refractivity contribution in [3.05, 3.63) is 0 Å². The van der Waals surface area contributed by atoms with E-state index in [0.717, 1.165) is 0 Å². The zero-order valence-corrected chi connectivity index (χ0v) is 9.75. The Bertz CT molecular complexity index is 162. The Morgan fingerprint density at radius 3 is 1.85 bits per heavy atom. The van der Waals surface area contributed by atoms with Gasteiger partial charge in [-0.1, -0.05) is 0 Å². The molecule has 0 aliphatic rings. The maximum Gasteiger partial charge on any atom is 0.750 e. The molecule has 0 radical (unpaired) electrons. The molecule has 0 aliphatic heterocycles. The summed E-state index contributed by atoms with van der Waals surface area (Å²) in [7, 11) is 0.739. The number of hydrogen-bond donors (Lipinski definition) is 0. The van der Waals surface area contributed by atoms with Crippen LogP contribution in [0.1, 0.15) is 6.92 Å². The SMILES string of the molecule is CO[Si](OC)(OC)OC(=O)C(C)Cl. The summed E-state index contributed by atoms with van der Waals surface area (Å²) in [5, 5.41) is -0.757. The first-order valence-electron chi connectivity index (χ1n) is 3.53. The van der Waals surface area contributed by atoms with Gasteiger partial charge in [0.15, 0.2) is 0 Å². The van der Waals surface area contributed by atoms with Crippen molar-refractivity contribution in [1.82, 2.24) is 0 Å². The van der Waals surface area contributed by atoms with Crippen molar-refractivity contribution >= 4 is 26.6 Å². The monoisotopic (exact) mass is 228 g/mol. The molecule has 0 amide bonds. The van der Waals surface area contributed by atoms with Gasteiger partial charge in [-0.05, 0) is 6.92 Å². The third kappa shape index (κ3) is 3.61. The van der Waals surface area contributed by atoms with Crippen LogP contribution < -0.4 is 0 Å². The minimum atomic E-state index is -3.28. The summed E-state index contributed by atoms with van der Waals surface area (Å²) < 4.78 is 19.4. The molecule has 0 saturated heterocycles. The van der Waals surface area contributed by atoms with Crippen LogP contribution in [0.3, 0.4) is 0 Å². The lowest BCUT2D eigenvalue weighted by molar-refractivity contribution is -0.142. The molecule has 0 aromatic heterocycles. The van der Waals surface area contributed by atoms with Gasteiger partial charge in [0.25, 0.3) is 0 Å². The zero-order chi connectivity index (χ0) is 10.5. The third-order valence-corrected chi connectivity index (χ3v) is 3.43. The van der Waals surface area contributed by atoms with Crippen LogP contribution in [0.4, 0.5) is 0 Å². The standard InChI is InChI=1S/C6H13ClO5Si/c1-5(7)6(8)12-13(9-2,10-3)11-4/h5H,1-4H3. The van der Waals surface area contributed by atoms with Crippen molar-refractivity contribution < 1.29 is 22.5 Å². The lowest BCUT2D eigenvalue weighted by Crippen LogP contribution is -2.49. The molecular formula is C6H13ClO5Si. The summed E-state index contributed by atoms with van der Waals surface area (Å²) in [6.07, 6.45) is 0. The normalized spacial score (nSPS) is 13.9. The Morgan fingerprint density at radius 2 is 1.62 bits per heavy atom. The van der Waals surface area contributed by atoms with Gasteiger partial charge in [-0.25, -0.2) is 0 Å². The summed E-state index contributed by atoms with van der Waals surface area (Å²) >= 11 is 5.49. The average molecular weight is 229 g/mol. The van der Waals surface area contributed by atoms with Crippen molar-refractivity contribution in [2.75, 3.05) is 21.3 Å². The van der Waals surface area contributed by atoms with E-state index in [1.807, 2.05) is 0 Å². The summed E-state index contributed by atoms with van der Waals surface area (Å²) in [5.41, 5.74) is 0. The van der Waals surface area contributed by atoms with E-state index in [4.69, 9.17) is 29.3 Å². The minimum absolute atomic E-state index is 0.626. The van der Waals surface area contributed by atoms with Crippen LogP contribution in [-0.4, -0.2) is 41.7 Å². The summed E-state index contributed by atoms with van der Waals surface area (Å²) in [4.78, 5) is 11.1. The Morgan fingerprint density at radius 1 is 1.23 bits per heavy atom. The van der Waals surface area contributed by atoms with Gasteiger partial charge in [0.1, 0.15) is 5.38 Å². The number of alkyl halides is 1. The maximum atomic E-state index is 11.1. The first-order chi connectivity index (χ1) is 6.01. The number of rotatable bonds is 5. The molecule has 0 rings (SSSR count). The highest BCUT2D eigenvalue weighted by Gasteiger charge is 2.47. The van der Waals surface area contributed by atoms with E-state index in [9.17, 15) is 4.79 Å². The van der Waals surface area contributed by atoms with E-state index in [0.29, 0.717) is 0 Å². The number of carbonyl (C=O) groups is 1. The summed E-state index contributed by atoms with van der Waals surface area (Å²) in [6.45, 7) is 1.49. The van der Waals surface area contributed by atoms with Crippen molar-refractivity contribution in [1.29, 1.82) is 0 Å². The van der Waals surface area contributed by atoms with Gasteiger partial charge in [0.2, 0.25) is 0 Å². The summed E-state index contributed by atoms with van der Waals surface area (Å²) in [6, 6.07) is 0. The Labute approximate surface area is 83.4 Å². The molecule has 0 saturated carbocycles. The van der Waals surface area contributed by atoms with Crippen LogP contribution in [-0.2, 0) is 22.5 Å². The molecule has 0 fully saturated rings. The second-order valence-corrected chi connectivity index (χ2v) is 5.23.